The highest BCUT2D eigenvalue weighted by atomic mass is 16.3. The maximum absolute atomic E-state index is 10.6. The predicted octanol–water partition coefficient (Wildman–Crippen LogP) is 3.72. The van der Waals surface area contributed by atoms with E-state index in [0.29, 0.717) is 0 Å². The summed E-state index contributed by atoms with van der Waals surface area (Å²) >= 11 is 0. The van der Waals surface area contributed by atoms with E-state index >= 15 is 0 Å². The number of hydrogen-bond acceptors (Lipinski definition) is 2. The molecule has 20 heavy (non-hydrogen) atoms. The lowest BCUT2D eigenvalue weighted by Gasteiger charge is -2.36. The van der Waals surface area contributed by atoms with Crippen molar-refractivity contribution in [2.45, 2.75) is 65.0 Å². The molecule has 0 atom stereocenters. The van der Waals surface area contributed by atoms with E-state index in [9.17, 15) is 5.11 Å². The minimum Gasteiger partial charge on any atom is -0.389 e. The predicted molar refractivity (Wildman–Crippen MR) is 84.8 cm³/mol. The Kier molecular flexibility index (Phi) is 5.22. The first-order chi connectivity index (χ1) is 9.52. The lowest BCUT2D eigenvalue weighted by atomic mass is 9.78. The summed E-state index contributed by atoms with van der Waals surface area (Å²) in [6, 6.07) is 6.57. The standard InChI is InChI=1S/C18H29NO/c1-4-16-7-9-18(20,10-8-16)13-19-12-17-6-5-14(2)11-15(17)3/h5-6,11,16,19-20H,4,7-10,12-13H2,1-3H3. The van der Waals surface area contributed by atoms with Gasteiger partial charge in [0.2, 0.25) is 0 Å². The van der Waals surface area contributed by atoms with Gasteiger partial charge in [-0.25, -0.2) is 0 Å². The number of aliphatic hydroxyl groups is 1. The summed E-state index contributed by atoms with van der Waals surface area (Å²) in [7, 11) is 0. The molecule has 1 aromatic carbocycles. The van der Waals surface area contributed by atoms with Gasteiger partial charge in [0.05, 0.1) is 5.60 Å². The van der Waals surface area contributed by atoms with Crippen molar-refractivity contribution in [2.75, 3.05) is 6.54 Å². The molecule has 1 saturated carbocycles. The molecular formula is C18H29NO. The SMILES string of the molecule is CCC1CCC(O)(CNCc2ccc(C)cc2C)CC1. The minimum absolute atomic E-state index is 0.482. The van der Waals surface area contributed by atoms with Crippen LogP contribution in [0.5, 0.6) is 0 Å². The Morgan fingerprint density at radius 3 is 2.55 bits per heavy atom. The zero-order valence-electron chi connectivity index (χ0n) is 13.2. The summed E-state index contributed by atoms with van der Waals surface area (Å²) in [6.07, 6.45) is 5.51. The molecule has 0 unspecified atom stereocenters. The summed E-state index contributed by atoms with van der Waals surface area (Å²) in [5, 5.41) is 14.1. The molecule has 2 heteroatoms. The molecule has 0 aliphatic heterocycles. The van der Waals surface area contributed by atoms with Gasteiger partial charge in [-0.05, 0) is 56.6 Å². The third kappa shape index (κ3) is 4.07. The van der Waals surface area contributed by atoms with Crippen LogP contribution in [0, 0.1) is 19.8 Å². The Bertz CT molecular complexity index is 433. The van der Waals surface area contributed by atoms with Gasteiger partial charge in [-0.3, -0.25) is 0 Å². The van der Waals surface area contributed by atoms with Crippen LogP contribution < -0.4 is 5.32 Å². The van der Waals surface area contributed by atoms with Crippen LogP contribution >= 0.6 is 0 Å². The Morgan fingerprint density at radius 1 is 1.25 bits per heavy atom. The van der Waals surface area contributed by atoms with Crippen molar-refractivity contribution in [3.05, 3.63) is 34.9 Å². The van der Waals surface area contributed by atoms with Crippen LogP contribution in [-0.4, -0.2) is 17.3 Å². The van der Waals surface area contributed by atoms with Crippen molar-refractivity contribution in [3.63, 3.8) is 0 Å². The van der Waals surface area contributed by atoms with E-state index in [4.69, 9.17) is 0 Å². The fourth-order valence-corrected chi connectivity index (χ4v) is 3.27. The van der Waals surface area contributed by atoms with Gasteiger partial charge in [0.15, 0.2) is 0 Å². The Balaban J connectivity index is 1.80. The van der Waals surface area contributed by atoms with E-state index in [0.717, 1.165) is 31.8 Å². The fraction of sp³-hybridized carbons (Fsp3) is 0.667. The molecule has 2 nitrogen and oxygen atoms in total. The van der Waals surface area contributed by atoms with Crippen molar-refractivity contribution >= 4 is 0 Å². The minimum atomic E-state index is -0.482. The maximum Gasteiger partial charge on any atom is 0.0771 e. The van der Waals surface area contributed by atoms with Crippen molar-refractivity contribution in [2.24, 2.45) is 5.92 Å². The van der Waals surface area contributed by atoms with Crippen LogP contribution in [0.2, 0.25) is 0 Å². The molecule has 0 spiro atoms. The van der Waals surface area contributed by atoms with Gasteiger partial charge in [0.1, 0.15) is 0 Å². The zero-order chi connectivity index (χ0) is 14.6. The van der Waals surface area contributed by atoms with Gasteiger partial charge in [-0.15, -0.1) is 0 Å². The molecule has 0 saturated heterocycles. The molecule has 1 aliphatic carbocycles. The van der Waals surface area contributed by atoms with Crippen LogP contribution in [0.15, 0.2) is 18.2 Å². The third-order valence-corrected chi connectivity index (χ3v) is 4.88. The number of rotatable bonds is 5. The molecule has 2 rings (SSSR count). The first kappa shape index (κ1) is 15.5. The average Bonchev–Trinajstić information content (AvgIpc) is 2.42. The summed E-state index contributed by atoms with van der Waals surface area (Å²) in [5.41, 5.74) is 3.49. The van der Waals surface area contributed by atoms with Crippen molar-refractivity contribution < 1.29 is 5.11 Å². The maximum atomic E-state index is 10.6. The first-order valence-corrected chi connectivity index (χ1v) is 8.01. The molecule has 1 aromatic rings. The average molecular weight is 275 g/mol. The lowest BCUT2D eigenvalue weighted by Crippen LogP contribution is -2.43. The quantitative estimate of drug-likeness (QED) is 0.858. The van der Waals surface area contributed by atoms with Crippen LogP contribution in [0.1, 0.15) is 55.7 Å². The van der Waals surface area contributed by atoms with Gasteiger partial charge in [0, 0.05) is 13.1 Å². The van der Waals surface area contributed by atoms with E-state index in [1.54, 1.807) is 0 Å². The van der Waals surface area contributed by atoms with Crippen LogP contribution in [0.25, 0.3) is 0 Å². The molecule has 0 amide bonds. The van der Waals surface area contributed by atoms with Gasteiger partial charge in [-0.1, -0.05) is 37.1 Å². The van der Waals surface area contributed by atoms with Crippen LogP contribution in [-0.2, 0) is 6.54 Å². The summed E-state index contributed by atoms with van der Waals surface area (Å²) < 4.78 is 0. The van der Waals surface area contributed by atoms with Gasteiger partial charge < -0.3 is 10.4 Å². The zero-order valence-corrected chi connectivity index (χ0v) is 13.2. The molecular weight excluding hydrogens is 246 g/mol. The number of benzene rings is 1. The van der Waals surface area contributed by atoms with E-state index in [1.165, 1.54) is 36.0 Å². The molecule has 0 heterocycles. The van der Waals surface area contributed by atoms with Gasteiger partial charge in [-0.2, -0.15) is 0 Å². The molecule has 1 aliphatic rings. The van der Waals surface area contributed by atoms with Crippen molar-refractivity contribution in [1.82, 2.24) is 5.32 Å². The highest BCUT2D eigenvalue weighted by Gasteiger charge is 2.32. The topological polar surface area (TPSA) is 32.3 Å². The number of aryl methyl sites for hydroxylation is 2. The Labute approximate surface area is 123 Å². The summed E-state index contributed by atoms with van der Waals surface area (Å²) in [4.78, 5) is 0. The van der Waals surface area contributed by atoms with Gasteiger partial charge in [0.25, 0.3) is 0 Å². The Morgan fingerprint density at radius 2 is 1.95 bits per heavy atom. The second kappa shape index (κ2) is 6.73. The third-order valence-electron chi connectivity index (χ3n) is 4.88. The fourth-order valence-electron chi connectivity index (χ4n) is 3.27. The molecule has 1 fully saturated rings. The van der Waals surface area contributed by atoms with E-state index in [-0.39, 0.29) is 0 Å². The van der Waals surface area contributed by atoms with Crippen molar-refractivity contribution in [3.8, 4) is 0 Å². The van der Waals surface area contributed by atoms with Gasteiger partial charge >= 0.3 is 0 Å². The van der Waals surface area contributed by atoms with E-state index < -0.39 is 5.60 Å². The summed E-state index contributed by atoms with van der Waals surface area (Å²) in [6.45, 7) is 8.11. The highest BCUT2D eigenvalue weighted by Crippen LogP contribution is 2.33. The smallest absolute Gasteiger partial charge is 0.0771 e. The molecule has 2 N–H and O–H groups in total. The second-order valence-electron chi connectivity index (χ2n) is 6.61. The molecule has 112 valence electrons. The van der Waals surface area contributed by atoms with E-state index in [2.05, 4.69) is 44.3 Å². The molecule has 0 bridgehead atoms. The molecule has 0 aromatic heterocycles. The first-order valence-electron chi connectivity index (χ1n) is 8.01. The number of hydrogen-bond donors (Lipinski definition) is 2. The van der Waals surface area contributed by atoms with E-state index in [1.807, 2.05) is 0 Å². The number of nitrogens with one attached hydrogen (secondary N) is 1. The Hall–Kier alpha value is -0.860. The van der Waals surface area contributed by atoms with Crippen molar-refractivity contribution in [1.29, 1.82) is 0 Å². The lowest BCUT2D eigenvalue weighted by molar-refractivity contribution is -0.00882. The normalized spacial score (nSPS) is 26.7. The summed E-state index contributed by atoms with van der Waals surface area (Å²) in [5.74, 6) is 0.828. The second-order valence-corrected chi connectivity index (χ2v) is 6.61. The van der Waals surface area contributed by atoms with Crippen LogP contribution in [0.3, 0.4) is 0 Å². The van der Waals surface area contributed by atoms with Crippen LogP contribution in [0.4, 0.5) is 0 Å². The largest absolute Gasteiger partial charge is 0.389 e. The highest BCUT2D eigenvalue weighted by molar-refractivity contribution is 5.30. The molecule has 0 radical (unpaired) electrons. The monoisotopic (exact) mass is 275 g/mol.